The fraction of sp³-hybridized carbons (Fsp3) is 0.118. The number of aromatic nitrogens is 2. The molecular formula is C17H14N2O2. The van der Waals surface area contributed by atoms with Crippen molar-refractivity contribution in [2.24, 2.45) is 0 Å². The van der Waals surface area contributed by atoms with E-state index < -0.39 is 0 Å². The highest BCUT2D eigenvalue weighted by Crippen LogP contribution is 2.40. The SMILES string of the molecule is Oc1cc2c(cc1O)-c1c(cnn1-c1ccccc1)CC2. The summed E-state index contributed by atoms with van der Waals surface area (Å²) in [6.45, 7) is 0. The summed E-state index contributed by atoms with van der Waals surface area (Å²) in [7, 11) is 0. The van der Waals surface area contributed by atoms with Gasteiger partial charge in [0.05, 0.1) is 17.6 Å². The molecule has 1 aliphatic carbocycles. The summed E-state index contributed by atoms with van der Waals surface area (Å²) in [6, 6.07) is 13.2. The van der Waals surface area contributed by atoms with E-state index >= 15 is 0 Å². The fourth-order valence-electron chi connectivity index (χ4n) is 2.93. The van der Waals surface area contributed by atoms with Crippen molar-refractivity contribution in [2.75, 3.05) is 0 Å². The molecule has 0 radical (unpaired) electrons. The van der Waals surface area contributed by atoms with Crippen molar-refractivity contribution in [3.05, 3.63) is 59.8 Å². The van der Waals surface area contributed by atoms with Gasteiger partial charge in [-0.15, -0.1) is 0 Å². The molecule has 1 aliphatic rings. The first-order chi connectivity index (χ1) is 10.2. The van der Waals surface area contributed by atoms with Crippen LogP contribution in [0.1, 0.15) is 11.1 Å². The van der Waals surface area contributed by atoms with Crippen LogP contribution in [0, 0.1) is 0 Å². The van der Waals surface area contributed by atoms with Gasteiger partial charge in [-0.05, 0) is 48.2 Å². The van der Waals surface area contributed by atoms with Crippen LogP contribution in [0.25, 0.3) is 16.9 Å². The molecule has 4 rings (SSSR count). The van der Waals surface area contributed by atoms with Gasteiger partial charge < -0.3 is 10.2 Å². The molecule has 3 aromatic rings. The molecule has 0 bridgehead atoms. The highest BCUT2D eigenvalue weighted by molar-refractivity contribution is 5.74. The zero-order valence-electron chi connectivity index (χ0n) is 11.3. The Labute approximate surface area is 121 Å². The van der Waals surface area contributed by atoms with Gasteiger partial charge in [-0.1, -0.05) is 18.2 Å². The summed E-state index contributed by atoms with van der Waals surface area (Å²) >= 11 is 0. The number of hydrogen-bond donors (Lipinski definition) is 2. The number of benzene rings is 2. The van der Waals surface area contributed by atoms with Gasteiger partial charge in [0, 0.05) is 5.56 Å². The van der Waals surface area contributed by atoms with E-state index in [9.17, 15) is 10.2 Å². The molecule has 0 spiro atoms. The molecule has 2 N–H and O–H groups in total. The number of para-hydroxylation sites is 1. The molecule has 2 aromatic carbocycles. The van der Waals surface area contributed by atoms with Crippen LogP contribution in [0.5, 0.6) is 11.5 Å². The molecule has 4 heteroatoms. The van der Waals surface area contributed by atoms with Crippen molar-refractivity contribution in [2.45, 2.75) is 12.8 Å². The van der Waals surface area contributed by atoms with Crippen LogP contribution >= 0.6 is 0 Å². The van der Waals surface area contributed by atoms with E-state index in [2.05, 4.69) is 5.10 Å². The maximum atomic E-state index is 9.82. The number of aryl methyl sites for hydroxylation is 2. The van der Waals surface area contributed by atoms with Crippen molar-refractivity contribution in [3.63, 3.8) is 0 Å². The van der Waals surface area contributed by atoms with Crippen molar-refractivity contribution >= 4 is 0 Å². The van der Waals surface area contributed by atoms with E-state index in [1.807, 2.05) is 41.2 Å². The smallest absolute Gasteiger partial charge is 0.158 e. The van der Waals surface area contributed by atoms with Crippen LogP contribution in [0.4, 0.5) is 0 Å². The van der Waals surface area contributed by atoms with Gasteiger partial charge >= 0.3 is 0 Å². The van der Waals surface area contributed by atoms with Gasteiger partial charge in [-0.25, -0.2) is 4.68 Å². The second-order valence-corrected chi connectivity index (χ2v) is 5.26. The van der Waals surface area contributed by atoms with Crippen molar-refractivity contribution in [3.8, 4) is 28.4 Å². The van der Waals surface area contributed by atoms with Crippen LogP contribution in [0.2, 0.25) is 0 Å². The second kappa shape index (κ2) is 4.38. The maximum absolute atomic E-state index is 9.82. The molecule has 0 saturated carbocycles. The predicted octanol–water partition coefficient (Wildman–Crippen LogP) is 3.05. The summed E-state index contributed by atoms with van der Waals surface area (Å²) in [5.74, 6) is -0.162. The molecule has 0 amide bonds. The third kappa shape index (κ3) is 1.80. The molecule has 0 atom stereocenters. The molecule has 4 nitrogen and oxygen atoms in total. The third-order valence-corrected chi connectivity index (χ3v) is 3.96. The van der Waals surface area contributed by atoms with Crippen LogP contribution in [0.15, 0.2) is 48.7 Å². The topological polar surface area (TPSA) is 58.3 Å². The Morgan fingerprint density at radius 2 is 1.62 bits per heavy atom. The lowest BCUT2D eigenvalue weighted by Crippen LogP contribution is -2.07. The molecule has 1 heterocycles. The first-order valence-corrected chi connectivity index (χ1v) is 6.91. The molecule has 0 saturated heterocycles. The summed E-state index contributed by atoms with van der Waals surface area (Å²) in [4.78, 5) is 0. The Bertz CT molecular complexity index is 822. The van der Waals surface area contributed by atoms with Crippen LogP contribution in [-0.4, -0.2) is 20.0 Å². The minimum Gasteiger partial charge on any atom is -0.504 e. The molecule has 104 valence electrons. The minimum atomic E-state index is -0.0950. The average Bonchev–Trinajstić information content (AvgIpc) is 2.94. The average molecular weight is 278 g/mol. The quantitative estimate of drug-likeness (QED) is 0.673. The number of phenols is 2. The van der Waals surface area contributed by atoms with E-state index in [0.717, 1.165) is 40.9 Å². The Morgan fingerprint density at radius 3 is 2.43 bits per heavy atom. The standard InChI is InChI=1S/C17H14N2O2/c20-15-8-11-6-7-12-10-18-19(13-4-2-1-3-5-13)17(12)14(11)9-16(15)21/h1-5,8-10,20-21H,6-7H2. The lowest BCUT2D eigenvalue weighted by atomic mass is 9.89. The lowest BCUT2D eigenvalue weighted by molar-refractivity contribution is 0.403. The molecule has 0 unspecified atom stereocenters. The van der Waals surface area contributed by atoms with Crippen LogP contribution in [0.3, 0.4) is 0 Å². The summed E-state index contributed by atoms with van der Waals surface area (Å²) in [5.41, 5.74) is 5.12. The summed E-state index contributed by atoms with van der Waals surface area (Å²) < 4.78 is 1.89. The van der Waals surface area contributed by atoms with E-state index in [0.29, 0.717) is 0 Å². The third-order valence-electron chi connectivity index (χ3n) is 3.96. The van der Waals surface area contributed by atoms with Gasteiger partial charge in [0.25, 0.3) is 0 Å². The van der Waals surface area contributed by atoms with E-state index in [4.69, 9.17) is 0 Å². The second-order valence-electron chi connectivity index (χ2n) is 5.26. The largest absolute Gasteiger partial charge is 0.504 e. The van der Waals surface area contributed by atoms with Gasteiger partial charge in [0.1, 0.15) is 0 Å². The normalized spacial score (nSPS) is 12.8. The Balaban J connectivity index is 1.97. The zero-order chi connectivity index (χ0) is 14.4. The number of fused-ring (bicyclic) bond motifs is 3. The highest BCUT2D eigenvalue weighted by atomic mass is 16.3. The van der Waals surface area contributed by atoms with Crippen molar-refractivity contribution in [1.82, 2.24) is 9.78 Å². The summed E-state index contributed by atoms with van der Waals surface area (Å²) in [6.07, 6.45) is 3.62. The van der Waals surface area contributed by atoms with Crippen molar-refractivity contribution < 1.29 is 10.2 Å². The number of aromatic hydroxyl groups is 2. The van der Waals surface area contributed by atoms with Crippen LogP contribution < -0.4 is 0 Å². The lowest BCUT2D eigenvalue weighted by Gasteiger charge is -2.19. The van der Waals surface area contributed by atoms with Gasteiger partial charge in [0.15, 0.2) is 11.5 Å². The van der Waals surface area contributed by atoms with Gasteiger partial charge in [0.2, 0.25) is 0 Å². The molecule has 0 fully saturated rings. The van der Waals surface area contributed by atoms with E-state index in [1.54, 1.807) is 12.1 Å². The fourth-order valence-corrected chi connectivity index (χ4v) is 2.93. The zero-order valence-corrected chi connectivity index (χ0v) is 11.3. The Kier molecular flexibility index (Phi) is 2.51. The van der Waals surface area contributed by atoms with Crippen molar-refractivity contribution in [1.29, 1.82) is 0 Å². The Morgan fingerprint density at radius 1 is 0.905 bits per heavy atom. The van der Waals surface area contributed by atoms with Gasteiger partial charge in [-0.3, -0.25) is 0 Å². The number of rotatable bonds is 1. The first-order valence-electron chi connectivity index (χ1n) is 6.91. The molecule has 0 aliphatic heterocycles. The predicted molar refractivity (Wildman–Crippen MR) is 79.7 cm³/mol. The van der Waals surface area contributed by atoms with Gasteiger partial charge in [-0.2, -0.15) is 5.10 Å². The maximum Gasteiger partial charge on any atom is 0.158 e. The minimum absolute atomic E-state index is 0.0667. The molecule has 21 heavy (non-hydrogen) atoms. The number of nitrogens with zero attached hydrogens (tertiary/aromatic N) is 2. The van der Waals surface area contributed by atoms with E-state index in [1.165, 1.54) is 0 Å². The Hall–Kier alpha value is -2.75. The first kappa shape index (κ1) is 12.0. The highest BCUT2D eigenvalue weighted by Gasteiger charge is 2.23. The van der Waals surface area contributed by atoms with Crippen LogP contribution in [-0.2, 0) is 12.8 Å². The summed E-state index contributed by atoms with van der Waals surface area (Å²) in [5, 5.41) is 24.0. The molecule has 1 aromatic heterocycles. The number of phenolic OH excluding ortho intramolecular Hbond substituents is 2. The monoisotopic (exact) mass is 278 g/mol. The van der Waals surface area contributed by atoms with E-state index in [-0.39, 0.29) is 11.5 Å². The molecular weight excluding hydrogens is 264 g/mol. The number of hydrogen-bond acceptors (Lipinski definition) is 3.